The first-order valence-corrected chi connectivity index (χ1v) is 6.32. The Morgan fingerprint density at radius 3 is 2.33 bits per heavy atom. The van der Waals surface area contributed by atoms with Crippen LogP contribution in [0.4, 0.5) is 14.5 Å². The molecule has 0 saturated heterocycles. The Morgan fingerprint density at radius 2 is 1.72 bits per heavy atom. The van der Waals surface area contributed by atoms with Crippen LogP contribution in [0.5, 0.6) is 0 Å². The van der Waals surface area contributed by atoms with Crippen molar-refractivity contribution in [3.05, 3.63) is 64.1 Å². The maximum Gasteiger partial charge on any atom is 0.137 e. The first kappa shape index (κ1) is 13.0. The maximum absolute atomic E-state index is 13.1. The van der Waals surface area contributed by atoms with Gasteiger partial charge < -0.3 is 5.32 Å². The molecular weight excluding hydrogens is 300 g/mol. The number of benzene rings is 2. The SMILES string of the molecule is CC(Nc1ccc(F)c(Br)c1)c1ccc(F)cc1. The summed E-state index contributed by atoms with van der Waals surface area (Å²) in [6.45, 7) is 1.96. The molecule has 94 valence electrons. The van der Waals surface area contributed by atoms with E-state index in [1.165, 1.54) is 18.2 Å². The number of hydrogen-bond donors (Lipinski definition) is 1. The van der Waals surface area contributed by atoms with Gasteiger partial charge >= 0.3 is 0 Å². The van der Waals surface area contributed by atoms with Crippen LogP contribution in [0.15, 0.2) is 46.9 Å². The molecule has 0 heterocycles. The van der Waals surface area contributed by atoms with E-state index in [0.29, 0.717) is 4.47 Å². The quantitative estimate of drug-likeness (QED) is 0.850. The molecule has 0 aliphatic heterocycles. The van der Waals surface area contributed by atoms with E-state index in [4.69, 9.17) is 0 Å². The van der Waals surface area contributed by atoms with Crippen LogP contribution < -0.4 is 5.32 Å². The van der Waals surface area contributed by atoms with Crippen LogP contribution in [0.25, 0.3) is 0 Å². The number of anilines is 1. The topological polar surface area (TPSA) is 12.0 Å². The van der Waals surface area contributed by atoms with Crippen molar-refractivity contribution in [1.82, 2.24) is 0 Å². The largest absolute Gasteiger partial charge is 0.378 e. The van der Waals surface area contributed by atoms with Crippen molar-refractivity contribution in [2.75, 3.05) is 5.32 Å². The molecule has 0 bridgehead atoms. The van der Waals surface area contributed by atoms with Crippen LogP contribution in [0.3, 0.4) is 0 Å². The molecule has 0 aliphatic carbocycles. The molecule has 2 aromatic carbocycles. The first-order chi connectivity index (χ1) is 8.56. The monoisotopic (exact) mass is 311 g/mol. The molecule has 0 aliphatic rings. The highest BCUT2D eigenvalue weighted by Gasteiger charge is 2.07. The molecule has 2 rings (SSSR count). The fourth-order valence-corrected chi connectivity index (χ4v) is 2.05. The van der Waals surface area contributed by atoms with Gasteiger partial charge in [0.05, 0.1) is 4.47 Å². The summed E-state index contributed by atoms with van der Waals surface area (Å²) >= 11 is 3.14. The summed E-state index contributed by atoms with van der Waals surface area (Å²) < 4.78 is 26.3. The first-order valence-electron chi connectivity index (χ1n) is 5.53. The lowest BCUT2D eigenvalue weighted by atomic mass is 10.1. The summed E-state index contributed by atoms with van der Waals surface area (Å²) in [5, 5.41) is 3.23. The van der Waals surface area contributed by atoms with E-state index in [1.54, 1.807) is 24.3 Å². The summed E-state index contributed by atoms with van der Waals surface area (Å²) in [7, 11) is 0. The lowest BCUT2D eigenvalue weighted by Crippen LogP contribution is -2.06. The van der Waals surface area contributed by atoms with Gasteiger partial charge in [-0.15, -0.1) is 0 Å². The minimum Gasteiger partial charge on any atom is -0.378 e. The van der Waals surface area contributed by atoms with Crippen LogP contribution in [0.2, 0.25) is 0 Å². The maximum atomic E-state index is 13.1. The van der Waals surface area contributed by atoms with Gasteiger partial charge in [0, 0.05) is 11.7 Å². The predicted octanol–water partition coefficient (Wildman–Crippen LogP) is 4.90. The van der Waals surface area contributed by atoms with Crippen molar-refractivity contribution >= 4 is 21.6 Å². The molecule has 0 amide bonds. The second-order valence-electron chi connectivity index (χ2n) is 4.05. The highest BCUT2D eigenvalue weighted by atomic mass is 79.9. The molecule has 0 aromatic heterocycles. The molecule has 0 radical (unpaired) electrons. The predicted molar refractivity (Wildman–Crippen MR) is 72.5 cm³/mol. The zero-order valence-electron chi connectivity index (χ0n) is 9.75. The second kappa shape index (κ2) is 5.48. The molecule has 0 saturated carbocycles. The van der Waals surface area contributed by atoms with E-state index in [2.05, 4.69) is 21.2 Å². The van der Waals surface area contributed by atoms with E-state index in [1.807, 2.05) is 6.92 Å². The van der Waals surface area contributed by atoms with Gasteiger partial charge in [-0.25, -0.2) is 8.78 Å². The number of hydrogen-bond acceptors (Lipinski definition) is 1. The third-order valence-corrected chi connectivity index (χ3v) is 3.28. The number of halogens is 3. The highest BCUT2D eigenvalue weighted by Crippen LogP contribution is 2.24. The standard InChI is InChI=1S/C14H12BrF2N/c1-9(10-2-4-11(16)5-3-10)18-12-6-7-14(17)13(15)8-12/h2-9,18H,1H3. The van der Waals surface area contributed by atoms with Crippen molar-refractivity contribution in [3.8, 4) is 0 Å². The van der Waals surface area contributed by atoms with Gasteiger partial charge in [-0.3, -0.25) is 0 Å². The fraction of sp³-hybridized carbons (Fsp3) is 0.143. The van der Waals surface area contributed by atoms with Crippen LogP contribution >= 0.6 is 15.9 Å². The Hall–Kier alpha value is -1.42. The third-order valence-electron chi connectivity index (χ3n) is 2.67. The van der Waals surface area contributed by atoms with Crippen LogP contribution in [0.1, 0.15) is 18.5 Å². The summed E-state index contributed by atoms with van der Waals surface area (Å²) in [6, 6.07) is 11.1. The Morgan fingerprint density at radius 1 is 1.06 bits per heavy atom. The fourth-order valence-electron chi connectivity index (χ4n) is 1.67. The Bertz CT molecular complexity index is 540. The molecule has 1 N–H and O–H groups in total. The molecular formula is C14H12BrF2N. The van der Waals surface area contributed by atoms with Crippen molar-refractivity contribution < 1.29 is 8.78 Å². The molecule has 1 atom stereocenters. The molecule has 0 spiro atoms. The van der Waals surface area contributed by atoms with Crippen molar-refractivity contribution in [3.63, 3.8) is 0 Å². The number of nitrogens with one attached hydrogen (secondary N) is 1. The molecule has 0 fully saturated rings. The van der Waals surface area contributed by atoms with E-state index >= 15 is 0 Å². The minimum absolute atomic E-state index is 0.0166. The average Bonchev–Trinajstić information content (AvgIpc) is 2.34. The van der Waals surface area contributed by atoms with Crippen molar-refractivity contribution in [1.29, 1.82) is 0 Å². The number of rotatable bonds is 3. The zero-order valence-corrected chi connectivity index (χ0v) is 11.3. The normalized spacial score (nSPS) is 12.2. The minimum atomic E-state index is -0.296. The van der Waals surface area contributed by atoms with Gasteiger partial charge in [0.15, 0.2) is 0 Å². The van der Waals surface area contributed by atoms with Gasteiger partial charge in [-0.2, -0.15) is 0 Å². The molecule has 1 nitrogen and oxygen atoms in total. The highest BCUT2D eigenvalue weighted by molar-refractivity contribution is 9.10. The third kappa shape index (κ3) is 3.07. The Kier molecular flexibility index (Phi) is 3.97. The van der Waals surface area contributed by atoms with Gasteiger partial charge in [0.25, 0.3) is 0 Å². The summed E-state index contributed by atoms with van der Waals surface area (Å²) in [4.78, 5) is 0. The van der Waals surface area contributed by atoms with Crippen LogP contribution in [0, 0.1) is 11.6 Å². The molecule has 18 heavy (non-hydrogen) atoms. The van der Waals surface area contributed by atoms with Gasteiger partial charge in [0.2, 0.25) is 0 Å². The Balaban J connectivity index is 2.13. The summed E-state index contributed by atoms with van der Waals surface area (Å²) in [5.41, 5.74) is 1.77. The smallest absolute Gasteiger partial charge is 0.137 e. The van der Waals surface area contributed by atoms with Gasteiger partial charge in [-0.1, -0.05) is 12.1 Å². The lowest BCUT2D eigenvalue weighted by Gasteiger charge is -2.16. The lowest BCUT2D eigenvalue weighted by molar-refractivity contribution is 0.621. The molecule has 2 aromatic rings. The van der Waals surface area contributed by atoms with E-state index in [9.17, 15) is 8.78 Å². The zero-order chi connectivity index (χ0) is 13.1. The van der Waals surface area contributed by atoms with Gasteiger partial charge in [0.1, 0.15) is 11.6 Å². The average molecular weight is 312 g/mol. The van der Waals surface area contributed by atoms with Crippen LogP contribution in [-0.4, -0.2) is 0 Å². The van der Waals surface area contributed by atoms with Crippen molar-refractivity contribution in [2.45, 2.75) is 13.0 Å². The Labute approximate surface area is 113 Å². The van der Waals surface area contributed by atoms with E-state index < -0.39 is 0 Å². The van der Waals surface area contributed by atoms with Gasteiger partial charge in [-0.05, 0) is 58.7 Å². The molecule has 4 heteroatoms. The summed E-state index contributed by atoms with van der Waals surface area (Å²) in [5.74, 6) is -0.550. The van der Waals surface area contributed by atoms with E-state index in [-0.39, 0.29) is 17.7 Å². The molecule has 1 unspecified atom stereocenters. The van der Waals surface area contributed by atoms with Crippen LogP contribution in [-0.2, 0) is 0 Å². The summed E-state index contributed by atoms with van der Waals surface area (Å²) in [6.07, 6.45) is 0. The second-order valence-corrected chi connectivity index (χ2v) is 4.90. The van der Waals surface area contributed by atoms with Crippen molar-refractivity contribution in [2.24, 2.45) is 0 Å². The van der Waals surface area contributed by atoms with E-state index in [0.717, 1.165) is 11.3 Å².